The molecule has 0 saturated carbocycles. The summed E-state index contributed by atoms with van der Waals surface area (Å²) in [5.74, 6) is 0.0572. The summed E-state index contributed by atoms with van der Waals surface area (Å²) in [6.07, 6.45) is 2.22. The summed E-state index contributed by atoms with van der Waals surface area (Å²) >= 11 is 0. The van der Waals surface area contributed by atoms with Crippen molar-refractivity contribution in [2.45, 2.75) is 13.0 Å². The molecule has 0 atom stereocenters. The Morgan fingerprint density at radius 2 is 2.04 bits per heavy atom. The standard InChI is InChI=1S/C18H15F2N3O/c19-12-4-5-15-16(9-12)23(6-7-24)17(22-15)8-11-10-21-18-13(11)2-1-3-14(18)20/h1-5,9-10,21,24H,6-8H2. The minimum Gasteiger partial charge on any atom is -0.395 e. The summed E-state index contributed by atoms with van der Waals surface area (Å²) in [6, 6.07) is 9.33. The second-order valence-electron chi connectivity index (χ2n) is 5.69. The molecule has 0 aliphatic rings. The monoisotopic (exact) mass is 327 g/mol. The fourth-order valence-electron chi connectivity index (χ4n) is 3.12. The Kier molecular flexibility index (Phi) is 3.54. The van der Waals surface area contributed by atoms with Crippen molar-refractivity contribution < 1.29 is 13.9 Å². The van der Waals surface area contributed by atoms with Crippen LogP contribution in [0.15, 0.2) is 42.6 Å². The van der Waals surface area contributed by atoms with Gasteiger partial charge in [-0.25, -0.2) is 13.8 Å². The van der Waals surface area contributed by atoms with Crippen LogP contribution in [0.3, 0.4) is 0 Å². The van der Waals surface area contributed by atoms with E-state index >= 15 is 0 Å². The first-order valence-corrected chi connectivity index (χ1v) is 7.67. The van der Waals surface area contributed by atoms with E-state index in [9.17, 15) is 13.9 Å². The van der Waals surface area contributed by atoms with Crippen molar-refractivity contribution in [3.63, 3.8) is 0 Å². The number of benzene rings is 2. The maximum Gasteiger partial charge on any atom is 0.147 e. The zero-order valence-electron chi connectivity index (χ0n) is 12.8. The van der Waals surface area contributed by atoms with Gasteiger partial charge in [-0.2, -0.15) is 0 Å². The average Bonchev–Trinajstić information content (AvgIpc) is 3.12. The Morgan fingerprint density at radius 1 is 1.17 bits per heavy atom. The van der Waals surface area contributed by atoms with Crippen molar-refractivity contribution in [2.24, 2.45) is 0 Å². The fraction of sp³-hybridized carbons (Fsp3) is 0.167. The highest BCUT2D eigenvalue weighted by atomic mass is 19.1. The van der Waals surface area contributed by atoms with E-state index in [1.165, 1.54) is 18.2 Å². The Labute approximate surface area is 136 Å². The molecular weight excluding hydrogens is 312 g/mol. The van der Waals surface area contributed by atoms with E-state index in [0.717, 1.165) is 10.9 Å². The number of halogens is 2. The molecule has 0 aliphatic carbocycles. The van der Waals surface area contributed by atoms with Gasteiger partial charge in [0.2, 0.25) is 0 Å². The van der Waals surface area contributed by atoms with Crippen molar-refractivity contribution in [3.05, 3.63) is 65.6 Å². The molecule has 4 aromatic rings. The van der Waals surface area contributed by atoms with E-state index < -0.39 is 0 Å². The summed E-state index contributed by atoms with van der Waals surface area (Å²) in [6.45, 7) is 0.253. The third-order valence-corrected chi connectivity index (χ3v) is 4.21. The zero-order chi connectivity index (χ0) is 16.7. The Hall–Kier alpha value is -2.73. The lowest BCUT2D eigenvalue weighted by Gasteiger charge is -2.07. The van der Waals surface area contributed by atoms with Gasteiger partial charge in [-0.3, -0.25) is 0 Å². The van der Waals surface area contributed by atoms with Crippen LogP contribution in [-0.4, -0.2) is 26.2 Å². The number of aromatic nitrogens is 3. The van der Waals surface area contributed by atoms with Crippen molar-refractivity contribution in [3.8, 4) is 0 Å². The number of rotatable bonds is 4. The smallest absolute Gasteiger partial charge is 0.147 e. The van der Waals surface area contributed by atoms with Crippen molar-refractivity contribution in [1.29, 1.82) is 0 Å². The van der Waals surface area contributed by atoms with Gasteiger partial charge in [0.1, 0.15) is 17.5 Å². The number of imidazole rings is 1. The van der Waals surface area contributed by atoms with Crippen LogP contribution in [-0.2, 0) is 13.0 Å². The van der Waals surface area contributed by atoms with Crippen LogP contribution in [0.1, 0.15) is 11.4 Å². The van der Waals surface area contributed by atoms with Crippen LogP contribution in [0.5, 0.6) is 0 Å². The summed E-state index contributed by atoms with van der Waals surface area (Å²) in [7, 11) is 0. The molecule has 0 saturated heterocycles. The van der Waals surface area contributed by atoms with Crippen LogP contribution >= 0.6 is 0 Å². The summed E-state index contributed by atoms with van der Waals surface area (Å²) in [5, 5.41) is 10.1. The second kappa shape index (κ2) is 5.72. The molecule has 0 bridgehead atoms. The molecule has 6 heteroatoms. The van der Waals surface area contributed by atoms with Gasteiger partial charge in [-0.1, -0.05) is 12.1 Å². The molecule has 0 spiro atoms. The fourth-order valence-corrected chi connectivity index (χ4v) is 3.12. The summed E-state index contributed by atoms with van der Waals surface area (Å²) in [4.78, 5) is 7.50. The summed E-state index contributed by atoms with van der Waals surface area (Å²) in [5.41, 5.74) is 2.68. The molecule has 122 valence electrons. The molecule has 0 unspecified atom stereocenters. The normalized spacial score (nSPS) is 11.6. The Morgan fingerprint density at radius 3 is 2.88 bits per heavy atom. The van der Waals surface area contributed by atoms with Crippen molar-refractivity contribution >= 4 is 21.9 Å². The van der Waals surface area contributed by atoms with Gasteiger partial charge in [0.05, 0.1) is 23.2 Å². The number of aromatic amines is 1. The number of hydrogen-bond acceptors (Lipinski definition) is 2. The van der Waals surface area contributed by atoms with Crippen LogP contribution < -0.4 is 0 Å². The number of hydrogen-bond donors (Lipinski definition) is 2. The van der Waals surface area contributed by atoms with Gasteiger partial charge < -0.3 is 14.7 Å². The van der Waals surface area contributed by atoms with Crippen LogP contribution in [0, 0.1) is 11.6 Å². The van der Waals surface area contributed by atoms with E-state index in [1.54, 1.807) is 22.9 Å². The molecule has 2 N–H and O–H groups in total. The minimum absolute atomic E-state index is 0.0719. The van der Waals surface area contributed by atoms with Gasteiger partial charge in [0, 0.05) is 24.5 Å². The van der Waals surface area contributed by atoms with E-state index in [-0.39, 0.29) is 18.2 Å². The zero-order valence-corrected chi connectivity index (χ0v) is 12.8. The SMILES string of the molecule is OCCn1c(Cc2c[nH]c3c(F)cccc23)nc2ccc(F)cc21. The molecule has 0 amide bonds. The number of fused-ring (bicyclic) bond motifs is 2. The molecule has 4 rings (SSSR count). The van der Waals surface area contributed by atoms with E-state index in [2.05, 4.69) is 9.97 Å². The largest absolute Gasteiger partial charge is 0.395 e. The van der Waals surface area contributed by atoms with Gasteiger partial charge in [0.25, 0.3) is 0 Å². The average molecular weight is 327 g/mol. The van der Waals surface area contributed by atoms with Gasteiger partial charge >= 0.3 is 0 Å². The molecule has 0 aliphatic heterocycles. The molecular formula is C18H15F2N3O. The van der Waals surface area contributed by atoms with E-state index in [0.29, 0.717) is 35.3 Å². The molecule has 4 nitrogen and oxygen atoms in total. The Bertz CT molecular complexity index is 1040. The predicted octanol–water partition coefficient (Wildman–Crippen LogP) is 3.38. The predicted molar refractivity (Wildman–Crippen MR) is 87.8 cm³/mol. The third-order valence-electron chi connectivity index (χ3n) is 4.21. The summed E-state index contributed by atoms with van der Waals surface area (Å²) < 4.78 is 29.2. The highest BCUT2D eigenvalue weighted by Gasteiger charge is 2.14. The number of aliphatic hydroxyl groups excluding tert-OH is 1. The number of nitrogens with zero attached hydrogens (tertiary/aromatic N) is 2. The third kappa shape index (κ3) is 2.35. The number of H-pyrrole nitrogens is 1. The minimum atomic E-state index is -0.345. The second-order valence-corrected chi connectivity index (χ2v) is 5.69. The van der Waals surface area contributed by atoms with Crippen molar-refractivity contribution in [1.82, 2.24) is 14.5 Å². The highest BCUT2D eigenvalue weighted by Crippen LogP contribution is 2.25. The number of nitrogens with one attached hydrogen (secondary N) is 1. The number of para-hydroxylation sites is 1. The lowest BCUT2D eigenvalue weighted by Crippen LogP contribution is -2.07. The van der Waals surface area contributed by atoms with Gasteiger partial charge in [-0.15, -0.1) is 0 Å². The number of aliphatic hydroxyl groups is 1. The van der Waals surface area contributed by atoms with Gasteiger partial charge in [-0.05, 0) is 29.8 Å². The maximum absolute atomic E-state index is 13.8. The first-order valence-electron chi connectivity index (χ1n) is 7.67. The van der Waals surface area contributed by atoms with Crippen LogP contribution in [0.25, 0.3) is 21.9 Å². The maximum atomic E-state index is 13.8. The lowest BCUT2D eigenvalue weighted by molar-refractivity contribution is 0.276. The molecule has 24 heavy (non-hydrogen) atoms. The lowest BCUT2D eigenvalue weighted by atomic mass is 10.1. The molecule has 2 aromatic carbocycles. The quantitative estimate of drug-likeness (QED) is 0.604. The van der Waals surface area contributed by atoms with Crippen LogP contribution in [0.2, 0.25) is 0 Å². The molecule has 0 fully saturated rings. The first kappa shape index (κ1) is 14.8. The highest BCUT2D eigenvalue weighted by molar-refractivity contribution is 5.84. The van der Waals surface area contributed by atoms with Crippen LogP contribution in [0.4, 0.5) is 8.78 Å². The Balaban J connectivity index is 1.83. The first-order chi connectivity index (χ1) is 11.7. The molecule has 2 heterocycles. The molecule has 2 aromatic heterocycles. The van der Waals surface area contributed by atoms with E-state index in [1.807, 2.05) is 6.07 Å². The van der Waals surface area contributed by atoms with Gasteiger partial charge in [0.15, 0.2) is 0 Å². The topological polar surface area (TPSA) is 53.8 Å². The van der Waals surface area contributed by atoms with E-state index in [4.69, 9.17) is 0 Å². The molecule has 0 radical (unpaired) electrons. The van der Waals surface area contributed by atoms with Crippen molar-refractivity contribution in [2.75, 3.05) is 6.61 Å².